The van der Waals surface area contributed by atoms with Crippen LogP contribution < -0.4 is 11.1 Å². The lowest BCUT2D eigenvalue weighted by molar-refractivity contribution is -0.132. The predicted octanol–water partition coefficient (Wildman–Crippen LogP) is -0.439. The zero-order valence-electron chi connectivity index (χ0n) is 10.2. The first-order valence-electron chi connectivity index (χ1n) is 6.00. The minimum absolute atomic E-state index is 0.0576. The lowest BCUT2D eigenvalue weighted by Gasteiger charge is -2.35. The van der Waals surface area contributed by atoms with Crippen molar-refractivity contribution in [3.05, 3.63) is 0 Å². The third-order valence-electron chi connectivity index (χ3n) is 2.61. The number of carbonyl (C=O) groups excluding carboxylic acids is 1. The molecule has 1 aliphatic heterocycles. The number of nitrogens with one attached hydrogen (secondary N) is 1. The van der Waals surface area contributed by atoms with Crippen LogP contribution in [-0.2, 0) is 9.53 Å². The van der Waals surface area contributed by atoms with Gasteiger partial charge < -0.3 is 15.8 Å². The van der Waals surface area contributed by atoms with Crippen LogP contribution in [-0.4, -0.2) is 55.7 Å². The largest absolute Gasteiger partial charge is 0.378 e. The number of nitrogens with zero attached hydrogens (tertiary/aromatic N) is 1. The highest BCUT2D eigenvalue weighted by Gasteiger charge is 2.29. The van der Waals surface area contributed by atoms with Crippen LogP contribution in [0.15, 0.2) is 0 Å². The van der Waals surface area contributed by atoms with Crippen molar-refractivity contribution in [2.45, 2.75) is 32.4 Å². The number of nitrogens with two attached hydrogens (primary N) is 1. The fraction of sp³-hybridized carbons (Fsp3) is 0.909. The first-order chi connectivity index (χ1) is 7.65. The Morgan fingerprint density at radius 3 is 3.06 bits per heavy atom. The normalized spacial score (nSPS) is 24.1. The van der Waals surface area contributed by atoms with Gasteiger partial charge in [0.25, 0.3) is 0 Å². The fourth-order valence-electron chi connectivity index (χ4n) is 1.83. The van der Waals surface area contributed by atoms with Crippen molar-refractivity contribution >= 4 is 5.91 Å². The molecule has 3 N–H and O–H groups in total. The van der Waals surface area contributed by atoms with Crippen molar-refractivity contribution < 1.29 is 9.53 Å². The molecule has 5 nitrogen and oxygen atoms in total. The maximum atomic E-state index is 11.9. The summed E-state index contributed by atoms with van der Waals surface area (Å²) in [5.74, 6) is 0.0576. The Morgan fingerprint density at radius 1 is 1.69 bits per heavy atom. The van der Waals surface area contributed by atoms with Gasteiger partial charge in [0.1, 0.15) is 6.04 Å². The molecule has 1 aliphatic rings. The second-order valence-corrected chi connectivity index (χ2v) is 4.35. The number of hydrogen-bond acceptors (Lipinski definition) is 4. The Balaban J connectivity index is 2.48. The maximum Gasteiger partial charge on any atom is 0.239 e. The van der Waals surface area contributed by atoms with E-state index < -0.39 is 0 Å². The van der Waals surface area contributed by atoms with Crippen molar-refractivity contribution in [2.24, 2.45) is 5.73 Å². The standard InChI is InChI=1S/C11H23N3O2/c1-3-4-13-11(15)10-8-16-6-5-14(10)7-9(2)12/h9-10H,3-8,12H2,1-2H3,(H,13,15). The zero-order chi connectivity index (χ0) is 12.0. The average molecular weight is 229 g/mol. The van der Waals surface area contributed by atoms with Gasteiger partial charge in [-0.1, -0.05) is 6.92 Å². The Labute approximate surface area is 97.3 Å². The zero-order valence-corrected chi connectivity index (χ0v) is 10.2. The summed E-state index contributed by atoms with van der Waals surface area (Å²) in [6.45, 7) is 7.40. The van der Waals surface area contributed by atoms with Gasteiger partial charge >= 0.3 is 0 Å². The number of rotatable bonds is 5. The molecule has 1 amide bonds. The minimum Gasteiger partial charge on any atom is -0.378 e. The molecule has 0 spiro atoms. The first-order valence-corrected chi connectivity index (χ1v) is 6.00. The molecule has 1 fully saturated rings. The number of ether oxygens (including phenoxy) is 1. The van der Waals surface area contributed by atoms with E-state index in [1.807, 2.05) is 13.8 Å². The second-order valence-electron chi connectivity index (χ2n) is 4.35. The van der Waals surface area contributed by atoms with Gasteiger partial charge in [-0.2, -0.15) is 0 Å². The van der Waals surface area contributed by atoms with Crippen LogP contribution in [0.25, 0.3) is 0 Å². The summed E-state index contributed by atoms with van der Waals surface area (Å²) < 4.78 is 5.35. The third kappa shape index (κ3) is 4.08. The van der Waals surface area contributed by atoms with E-state index in [1.54, 1.807) is 0 Å². The number of carbonyl (C=O) groups is 1. The van der Waals surface area contributed by atoms with Gasteiger partial charge in [-0.25, -0.2) is 0 Å². The summed E-state index contributed by atoms with van der Waals surface area (Å²) in [6, 6.07) is -0.0918. The SMILES string of the molecule is CCCNC(=O)C1COCCN1CC(C)N. The highest BCUT2D eigenvalue weighted by Crippen LogP contribution is 2.07. The van der Waals surface area contributed by atoms with Crippen LogP contribution in [0.4, 0.5) is 0 Å². The van der Waals surface area contributed by atoms with E-state index in [-0.39, 0.29) is 18.0 Å². The molecule has 0 aromatic carbocycles. The van der Waals surface area contributed by atoms with Gasteiger partial charge in [-0.15, -0.1) is 0 Å². The summed E-state index contributed by atoms with van der Waals surface area (Å²) in [5, 5.41) is 2.90. The quantitative estimate of drug-likeness (QED) is 0.671. The highest BCUT2D eigenvalue weighted by molar-refractivity contribution is 5.82. The lowest BCUT2D eigenvalue weighted by atomic mass is 10.2. The second kappa shape index (κ2) is 6.83. The first kappa shape index (κ1) is 13.4. The van der Waals surface area contributed by atoms with E-state index in [0.29, 0.717) is 13.2 Å². The molecule has 0 aliphatic carbocycles. The van der Waals surface area contributed by atoms with Crippen LogP contribution in [0.2, 0.25) is 0 Å². The van der Waals surface area contributed by atoms with E-state index in [4.69, 9.17) is 10.5 Å². The summed E-state index contributed by atoms with van der Waals surface area (Å²) in [7, 11) is 0. The molecule has 1 rings (SSSR count). The molecule has 94 valence electrons. The number of hydrogen-bond donors (Lipinski definition) is 2. The molecular weight excluding hydrogens is 206 g/mol. The molecule has 1 heterocycles. The van der Waals surface area contributed by atoms with Crippen molar-refractivity contribution in [1.29, 1.82) is 0 Å². The molecule has 2 unspecified atom stereocenters. The van der Waals surface area contributed by atoms with Gasteiger partial charge in [-0.05, 0) is 13.3 Å². The Kier molecular flexibility index (Phi) is 5.73. The Morgan fingerprint density at radius 2 is 2.44 bits per heavy atom. The molecule has 0 aromatic heterocycles. The molecule has 5 heteroatoms. The Bertz CT molecular complexity index is 221. The summed E-state index contributed by atoms with van der Waals surface area (Å²) >= 11 is 0. The van der Waals surface area contributed by atoms with Crippen LogP contribution >= 0.6 is 0 Å². The fourth-order valence-corrected chi connectivity index (χ4v) is 1.83. The Hall–Kier alpha value is -0.650. The lowest BCUT2D eigenvalue weighted by Crippen LogP contribution is -2.56. The molecule has 2 atom stereocenters. The van der Waals surface area contributed by atoms with Crippen LogP contribution in [0.5, 0.6) is 0 Å². The van der Waals surface area contributed by atoms with Gasteiger partial charge in [0.15, 0.2) is 0 Å². The van der Waals surface area contributed by atoms with Crippen molar-refractivity contribution in [3.8, 4) is 0 Å². The van der Waals surface area contributed by atoms with Crippen LogP contribution in [0, 0.1) is 0 Å². The van der Waals surface area contributed by atoms with E-state index >= 15 is 0 Å². The number of morpholine rings is 1. The third-order valence-corrected chi connectivity index (χ3v) is 2.61. The smallest absolute Gasteiger partial charge is 0.239 e. The summed E-state index contributed by atoms with van der Waals surface area (Å²) in [6.07, 6.45) is 0.951. The molecule has 0 radical (unpaired) electrons. The predicted molar refractivity (Wildman–Crippen MR) is 63.1 cm³/mol. The van der Waals surface area contributed by atoms with Crippen molar-refractivity contribution in [1.82, 2.24) is 10.2 Å². The van der Waals surface area contributed by atoms with Gasteiger partial charge in [0.05, 0.1) is 13.2 Å². The van der Waals surface area contributed by atoms with E-state index in [2.05, 4.69) is 10.2 Å². The highest BCUT2D eigenvalue weighted by atomic mass is 16.5. The average Bonchev–Trinajstić information content (AvgIpc) is 2.26. The monoisotopic (exact) mass is 229 g/mol. The van der Waals surface area contributed by atoms with Gasteiger partial charge in [0, 0.05) is 25.7 Å². The van der Waals surface area contributed by atoms with Crippen molar-refractivity contribution in [3.63, 3.8) is 0 Å². The molecular formula is C11H23N3O2. The number of amides is 1. The van der Waals surface area contributed by atoms with E-state index in [1.165, 1.54) is 0 Å². The van der Waals surface area contributed by atoms with Crippen LogP contribution in [0.1, 0.15) is 20.3 Å². The van der Waals surface area contributed by atoms with E-state index in [9.17, 15) is 4.79 Å². The van der Waals surface area contributed by atoms with Crippen LogP contribution in [0.3, 0.4) is 0 Å². The maximum absolute atomic E-state index is 11.9. The molecule has 16 heavy (non-hydrogen) atoms. The molecule has 1 saturated heterocycles. The summed E-state index contributed by atoms with van der Waals surface area (Å²) in [5.41, 5.74) is 5.77. The molecule has 0 aromatic rings. The minimum atomic E-state index is -0.175. The molecule has 0 bridgehead atoms. The van der Waals surface area contributed by atoms with E-state index in [0.717, 1.165) is 26.1 Å². The van der Waals surface area contributed by atoms with Gasteiger partial charge in [0.2, 0.25) is 5.91 Å². The van der Waals surface area contributed by atoms with Gasteiger partial charge in [-0.3, -0.25) is 9.69 Å². The topological polar surface area (TPSA) is 67.6 Å². The summed E-state index contributed by atoms with van der Waals surface area (Å²) in [4.78, 5) is 14.0. The van der Waals surface area contributed by atoms with Crippen molar-refractivity contribution in [2.75, 3.05) is 32.8 Å². The molecule has 0 saturated carbocycles.